The van der Waals surface area contributed by atoms with Crippen molar-refractivity contribution >= 4 is 10.9 Å². The van der Waals surface area contributed by atoms with E-state index >= 15 is 0 Å². The lowest BCUT2D eigenvalue weighted by Gasteiger charge is -2.16. The topological polar surface area (TPSA) is 73.8 Å². The number of nitrogens with zero attached hydrogens (tertiary/aromatic N) is 3. The van der Waals surface area contributed by atoms with E-state index in [1.165, 1.54) is 16.8 Å². The maximum Gasteiger partial charge on any atom is 0.266 e. The van der Waals surface area contributed by atoms with Crippen LogP contribution < -0.4 is 11.3 Å². The van der Waals surface area contributed by atoms with Gasteiger partial charge in [0.05, 0.1) is 35.0 Å². The van der Waals surface area contributed by atoms with E-state index in [0.717, 1.165) is 11.8 Å². The Kier molecular flexibility index (Phi) is 3.46. The predicted molar refractivity (Wildman–Crippen MR) is 82.4 cm³/mol. The first-order valence-corrected chi connectivity index (χ1v) is 6.88. The van der Waals surface area contributed by atoms with Gasteiger partial charge in [-0.25, -0.2) is 9.37 Å². The number of aromatic nitrogens is 3. The molecule has 0 unspecified atom stereocenters. The van der Waals surface area contributed by atoms with Crippen molar-refractivity contribution in [2.45, 2.75) is 19.9 Å². The van der Waals surface area contributed by atoms with Crippen molar-refractivity contribution in [1.82, 2.24) is 14.5 Å². The largest absolute Gasteiger partial charge is 0.322 e. The summed E-state index contributed by atoms with van der Waals surface area (Å²) in [4.78, 5) is 21.2. The Balaban J connectivity index is 2.46. The van der Waals surface area contributed by atoms with Crippen LogP contribution in [0.2, 0.25) is 0 Å². The average Bonchev–Trinajstić information content (AvgIpc) is 2.46. The van der Waals surface area contributed by atoms with Gasteiger partial charge in [0.1, 0.15) is 11.6 Å². The Hall–Kier alpha value is -2.60. The summed E-state index contributed by atoms with van der Waals surface area (Å²) in [6.07, 6.45) is 2.50. The maximum atomic E-state index is 13.5. The molecule has 0 radical (unpaired) electrons. The van der Waals surface area contributed by atoms with Gasteiger partial charge >= 0.3 is 0 Å². The number of fused-ring (bicyclic) bond motifs is 1. The van der Waals surface area contributed by atoms with Gasteiger partial charge in [0.15, 0.2) is 0 Å². The van der Waals surface area contributed by atoms with E-state index in [1.54, 1.807) is 13.0 Å². The zero-order valence-corrected chi connectivity index (χ0v) is 12.2. The minimum Gasteiger partial charge on any atom is -0.322 e. The molecule has 0 aliphatic rings. The quantitative estimate of drug-likeness (QED) is 0.787. The molecule has 3 rings (SSSR count). The summed E-state index contributed by atoms with van der Waals surface area (Å²) in [5.41, 5.74) is 7.38. The van der Waals surface area contributed by atoms with Crippen LogP contribution in [-0.2, 0) is 0 Å². The number of hydrogen-bond donors (Lipinski definition) is 1. The summed E-state index contributed by atoms with van der Waals surface area (Å²) in [5, 5.41) is 0.496. The van der Waals surface area contributed by atoms with Gasteiger partial charge in [0.2, 0.25) is 0 Å². The second-order valence-electron chi connectivity index (χ2n) is 5.23. The molecule has 0 amide bonds. The van der Waals surface area contributed by atoms with Crippen molar-refractivity contribution in [1.29, 1.82) is 0 Å². The van der Waals surface area contributed by atoms with Gasteiger partial charge < -0.3 is 5.73 Å². The van der Waals surface area contributed by atoms with Crippen molar-refractivity contribution in [3.63, 3.8) is 0 Å². The van der Waals surface area contributed by atoms with Crippen molar-refractivity contribution in [3.05, 3.63) is 64.2 Å². The summed E-state index contributed by atoms with van der Waals surface area (Å²) in [5.74, 6) is -0.152. The molecule has 0 saturated carbocycles. The normalized spacial score (nSPS) is 12.5. The number of benzene rings is 1. The van der Waals surface area contributed by atoms with Gasteiger partial charge in [-0.05, 0) is 25.5 Å². The molecular formula is C16H15FN4O. The van der Waals surface area contributed by atoms with Crippen molar-refractivity contribution in [2.75, 3.05) is 0 Å². The van der Waals surface area contributed by atoms with Crippen molar-refractivity contribution < 1.29 is 4.39 Å². The summed E-state index contributed by atoms with van der Waals surface area (Å²) in [7, 11) is 0. The van der Waals surface area contributed by atoms with Gasteiger partial charge in [0, 0.05) is 6.07 Å². The summed E-state index contributed by atoms with van der Waals surface area (Å²) >= 11 is 0. The molecule has 0 aliphatic heterocycles. The minimum absolute atomic E-state index is 0.275. The third-order valence-corrected chi connectivity index (χ3v) is 3.49. The Morgan fingerprint density at radius 1 is 1.32 bits per heavy atom. The van der Waals surface area contributed by atoms with E-state index in [2.05, 4.69) is 9.97 Å². The molecule has 5 nitrogen and oxygen atoms in total. The van der Waals surface area contributed by atoms with Gasteiger partial charge in [0.25, 0.3) is 5.56 Å². The molecule has 2 N–H and O–H groups in total. The van der Waals surface area contributed by atoms with E-state index < -0.39 is 11.9 Å². The fourth-order valence-corrected chi connectivity index (χ4v) is 2.49. The molecule has 3 aromatic rings. The number of pyridine rings is 1. The lowest BCUT2D eigenvalue weighted by Crippen LogP contribution is -2.28. The van der Waals surface area contributed by atoms with Crippen LogP contribution in [0.15, 0.2) is 41.5 Å². The number of nitrogens with two attached hydrogens (primary N) is 1. The van der Waals surface area contributed by atoms with Gasteiger partial charge in [-0.2, -0.15) is 0 Å². The van der Waals surface area contributed by atoms with Crippen LogP contribution in [0.5, 0.6) is 0 Å². The molecule has 112 valence electrons. The smallest absolute Gasteiger partial charge is 0.266 e. The molecule has 1 atom stereocenters. The minimum atomic E-state index is -0.523. The fraction of sp³-hybridized carbons (Fsp3) is 0.188. The maximum absolute atomic E-state index is 13.5. The Bertz CT molecular complexity index is 918. The molecule has 0 bridgehead atoms. The molecule has 2 aromatic heterocycles. The van der Waals surface area contributed by atoms with Crippen molar-refractivity contribution in [2.24, 2.45) is 5.73 Å². The highest BCUT2D eigenvalue weighted by molar-refractivity contribution is 5.81. The first-order chi connectivity index (χ1) is 10.5. The highest BCUT2D eigenvalue weighted by atomic mass is 19.1. The Labute approximate surface area is 126 Å². The third-order valence-electron chi connectivity index (χ3n) is 3.49. The monoisotopic (exact) mass is 298 g/mol. The first kappa shape index (κ1) is 14.3. The van der Waals surface area contributed by atoms with Crippen molar-refractivity contribution in [3.8, 4) is 5.69 Å². The Morgan fingerprint density at radius 2 is 2.09 bits per heavy atom. The summed E-state index contributed by atoms with van der Waals surface area (Å²) < 4.78 is 14.8. The predicted octanol–water partition coefficient (Wildman–Crippen LogP) is 2.25. The molecule has 0 saturated heterocycles. The summed E-state index contributed by atoms with van der Waals surface area (Å²) in [6.45, 7) is 3.57. The molecule has 6 heteroatoms. The van der Waals surface area contributed by atoms with Crippen LogP contribution in [-0.4, -0.2) is 14.5 Å². The molecule has 22 heavy (non-hydrogen) atoms. The standard InChI is InChI=1S/C16H15FN4O/c1-9-4-3-5-13-14(9)16(22)21(15(20-13)10(2)18)12-6-11(17)7-19-8-12/h3-8,10H,18H2,1-2H3/t10-/m0/s1. The molecular weight excluding hydrogens is 283 g/mol. The van der Waals surface area contributed by atoms with Crippen LogP contribution in [0.3, 0.4) is 0 Å². The Morgan fingerprint density at radius 3 is 2.77 bits per heavy atom. The van der Waals surface area contributed by atoms with E-state index in [4.69, 9.17) is 5.73 Å². The molecule has 1 aromatic carbocycles. The van der Waals surface area contributed by atoms with Crippen LogP contribution in [0.25, 0.3) is 16.6 Å². The van der Waals surface area contributed by atoms with Crippen LogP contribution in [0.1, 0.15) is 24.4 Å². The second-order valence-corrected chi connectivity index (χ2v) is 5.23. The zero-order valence-electron chi connectivity index (χ0n) is 12.2. The third kappa shape index (κ3) is 2.27. The fourth-order valence-electron chi connectivity index (χ4n) is 2.49. The highest BCUT2D eigenvalue weighted by Crippen LogP contribution is 2.18. The van der Waals surface area contributed by atoms with E-state index in [0.29, 0.717) is 22.4 Å². The summed E-state index contributed by atoms with van der Waals surface area (Å²) in [6, 6.07) is 6.20. The van der Waals surface area contributed by atoms with E-state index in [-0.39, 0.29) is 5.56 Å². The van der Waals surface area contributed by atoms with Gasteiger partial charge in [-0.1, -0.05) is 12.1 Å². The van der Waals surface area contributed by atoms with Crippen LogP contribution in [0.4, 0.5) is 4.39 Å². The zero-order chi connectivity index (χ0) is 15.9. The number of halogens is 1. The SMILES string of the molecule is Cc1cccc2nc([C@H](C)N)n(-c3cncc(F)c3)c(=O)c12. The molecule has 0 aliphatic carbocycles. The lowest BCUT2D eigenvalue weighted by molar-refractivity contribution is 0.616. The van der Waals surface area contributed by atoms with Gasteiger partial charge in [-0.3, -0.25) is 14.3 Å². The van der Waals surface area contributed by atoms with E-state index in [1.807, 2.05) is 19.1 Å². The van der Waals surface area contributed by atoms with Gasteiger partial charge in [-0.15, -0.1) is 0 Å². The molecule has 2 heterocycles. The molecule has 0 spiro atoms. The number of aryl methyl sites for hydroxylation is 1. The second kappa shape index (κ2) is 5.31. The van der Waals surface area contributed by atoms with E-state index in [9.17, 15) is 9.18 Å². The molecule has 0 fully saturated rings. The number of hydrogen-bond acceptors (Lipinski definition) is 4. The van der Waals surface area contributed by atoms with Crippen LogP contribution in [0, 0.1) is 12.7 Å². The first-order valence-electron chi connectivity index (χ1n) is 6.88. The van der Waals surface area contributed by atoms with Crippen LogP contribution >= 0.6 is 0 Å². The number of rotatable bonds is 2. The lowest BCUT2D eigenvalue weighted by atomic mass is 10.1. The average molecular weight is 298 g/mol. The highest BCUT2D eigenvalue weighted by Gasteiger charge is 2.17.